The summed E-state index contributed by atoms with van der Waals surface area (Å²) >= 11 is 0. The first-order valence-electron chi connectivity index (χ1n) is 7.26. The minimum absolute atomic E-state index is 0.184. The summed E-state index contributed by atoms with van der Waals surface area (Å²) in [7, 11) is -3.72. The van der Waals surface area contributed by atoms with Crippen molar-refractivity contribution < 1.29 is 8.42 Å². The molecule has 0 amide bonds. The van der Waals surface area contributed by atoms with Gasteiger partial charge in [0, 0.05) is 23.5 Å². The zero-order valence-corrected chi connectivity index (χ0v) is 14.0. The van der Waals surface area contributed by atoms with Gasteiger partial charge in [0.25, 0.3) is 0 Å². The van der Waals surface area contributed by atoms with Gasteiger partial charge in [-0.05, 0) is 44.5 Å². The summed E-state index contributed by atoms with van der Waals surface area (Å²) in [5.41, 5.74) is 2.22. The molecule has 0 saturated carbocycles. The van der Waals surface area contributed by atoms with Crippen molar-refractivity contribution >= 4 is 20.9 Å². The molecular weight excluding hydrogens is 312 g/mol. The van der Waals surface area contributed by atoms with E-state index in [9.17, 15) is 8.42 Å². The first-order valence-corrected chi connectivity index (χ1v) is 8.74. The molecule has 7 heteroatoms. The van der Waals surface area contributed by atoms with Gasteiger partial charge >= 0.3 is 0 Å². The summed E-state index contributed by atoms with van der Waals surface area (Å²) in [6.07, 6.45) is 3.26. The van der Waals surface area contributed by atoms with Crippen LogP contribution in [0, 0.1) is 13.8 Å². The van der Waals surface area contributed by atoms with Crippen molar-refractivity contribution in [2.45, 2.75) is 31.7 Å². The molecule has 0 saturated heterocycles. The van der Waals surface area contributed by atoms with Crippen molar-refractivity contribution in [3.05, 3.63) is 53.7 Å². The molecule has 0 radical (unpaired) electrons. The van der Waals surface area contributed by atoms with Crippen molar-refractivity contribution in [2.75, 3.05) is 0 Å². The second-order valence-corrected chi connectivity index (χ2v) is 7.32. The van der Waals surface area contributed by atoms with Gasteiger partial charge < -0.3 is 4.98 Å². The van der Waals surface area contributed by atoms with Crippen molar-refractivity contribution in [3.63, 3.8) is 0 Å². The van der Waals surface area contributed by atoms with Gasteiger partial charge in [-0.15, -0.1) is 0 Å². The Morgan fingerprint density at radius 2 is 2.00 bits per heavy atom. The third-order valence-electron chi connectivity index (χ3n) is 3.57. The van der Waals surface area contributed by atoms with E-state index in [2.05, 4.69) is 19.7 Å². The van der Waals surface area contributed by atoms with Crippen molar-refractivity contribution in [1.82, 2.24) is 19.7 Å². The average Bonchev–Trinajstić information content (AvgIpc) is 2.92. The third kappa shape index (κ3) is 3.11. The Balaban J connectivity index is 2.03. The van der Waals surface area contributed by atoms with E-state index in [4.69, 9.17) is 0 Å². The Kier molecular flexibility index (Phi) is 3.91. The lowest BCUT2D eigenvalue weighted by Gasteiger charge is -2.14. The number of H-pyrrole nitrogens is 1. The molecule has 0 unspecified atom stereocenters. The largest absolute Gasteiger partial charge is 0.345 e. The highest BCUT2D eigenvalue weighted by molar-refractivity contribution is 7.89. The zero-order chi connectivity index (χ0) is 16.6. The Morgan fingerprint density at radius 1 is 1.22 bits per heavy atom. The highest BCUT2D eigenvalue weighted by Gasteiger charge is 2.23. The summed E-state index contributed by atoms with van der Waals surface area (Å²) in [5, 5.41) is 0.800. The molecule has 2 heterocycles. The van der Waals surface area contributed by atoms with E-state index in [0.717, 1.165) is 16.6 Å². The van der Waals surface area contributed by atoms with Crippen LogP contribution in [0.25, 0.3) is 10.9 Å². The summed E-state index contributed by atoms with van der Waals surface area (Å²) in [6, 6.07) is 6.74. The molecule has 2 N–H and O–H groups in total. The molecule has 23 heavy (non-hydrogen) atoms. The molecule has 0 aliphatic heterocycles. The summed E-state index contributed by atoms with van der Waals surface area (Å²) < 4.78 is 28.3. The van der Waals surface area contributed by atoms with E-state index < -0.39 is 16.1 Å². The van der Waals surface area contributed by atoms with Gasteiger partial charge in [-0.25, -0.2) is 18.1 Å². The molecule has 0 bridgehead atoms. The Labute approximate surface area is 135 Å². The van der Waals surface area contributed by atoms with Gasteiger partial charge in [-0.1, -0.05) is 6.07 Å². The number of aryl methyl sites for hydroxylation is 2. The number of benzene rings is 1. The number of imidazole rings is 1. The number of nitrogens with one attached hydrogen (secondary N) is 2. The van der Waals surface area contributed by atoms with Crippen molar-refractivity contribution in [2.24, 2.45) is 0 Å². The molecule has 0 spiro atoms. The van der Waals surface area contributed by atoms with E-state index in [-0.39, 0.29) is 4.90 Å². The van der Waals surface area contributed by atoms with Gasteiger partial charge in [0.1, 0.15) is 10.7 Å². The SMILES string of the molecule is Cc1cc(S(=O)(=O)N[C@@H](C)c2ncc(C)[nH]2)c2ncccc2c1. The lowest BCUT2D eigenvalue weighted by atomic mass is 10.1. The fourth-order valence-electron chi connectivity index (χ4n) is 2.51. The van der Waals surface area contributed by atoms with Crippen LogP contribution < -0.4 is 4.72 Å². The predicted molar refractivity (Wildman–Crippen MR) is 88.5 cm³/mol. The number of pyridine rings is 1. The standard InChI is InChI=1S/C16H18N4O2S/c1-10-7-13-5-4-6-17-15(13)14(8-10)23(21,22)20-12(3)16-18-9-11(2)19-16/h4-9,12,20H,1-3H3,(H,18,19)/t12-/m0/s1. The number of nitrogens with zero attached hydrogens (tertiary/aromatic N) is 2. The molecule has 0 aliphatic rings. The van der Waals surface area contributed by atoms with Gasteiger partial charge in [-0.3, -0.25) is 4.98 Å². The van der Waals surface area contributed by atoms with E-state index in [0.29, 0.717) is 11.3 Å². The first-order chi connectivity index (χ1) is 10.9. The maximum absolute atomic E-state index is 12.8. The Hall–Kier alpha value is -2.25. The predicted octanol–water partition coefficient (Wildman–Crippen LogP) is 2.61. The minimum Gasteiger partial charge on any atom is -0.345 e. The number of aromatic amines is 1. The average molecular weight is 330 g/mol. The maximum atomic E-state index is 12.8. The van der Waals surface area contributed by atoms with Crippen LogP contribution in [0.5, 0.6) is 0 Å². The quantitative estimate of drug-likeness (QED) is 0.770. The minimum atomic E-state index is -3.72. The van der Waals surface area contributed by atoms with Crippen LogP contribution in [0.15, 0.2) is 41.6 Å². The van der Waals surface area contributed by atoms with Crippen LogP contribution in [-0.2, 0) is 10.0 Å². The van der Waals surface area contributed by atoms with Crippen LogP contribution in [0.2, 0.25) is 0 Å². The third-order valence-corrected chi connectivity index (χ3v) is 5.12. The topological polar surface area (TPSA) is 87.7 Å². The maximum Gasteiger partial charge on any atom is 0.243 e. The van der Waals surface area contributed by atoms with Gasteiger partial charge in [0.15, 0.2) is 0 Å². The van der Waals surface area contributed by atoms with Gasteiger partial charge in [0.2, 0.25) is 10.0 Å². The van der Waals surface area contributed by atoms with E-state index >= 15 is 0 Å². The van der Waals surface area contributed by atoms with Gasteiger partial charge in [-0.2, -0.15) is 0 Å². The molecule has 0 aliphatic carbocycles. The number of sulfonamides is 1. The summed E-state index contributed by atoms with van der Waals surface area (Å²) in [5.74, 6) is 0.580. The van der Waals surface area contributed by atoms with Crippen LogP contribution in [-0.4, -0.2) is 23.4 Å². The number of hydrogen-bond acceptors (Lipinski definition) is 4. The van der Waals surface area contributed by atoms with E-state index in [1.165, 1.54) is 0 Å². The second kappa shape index (κ2) is 5.75. The number of fused-ring (bicyclic) bond motifs is 1. The lowest BCUT2D eigenvalue weighted by molar-refractivity contribution is 0.561. The van der Waals surface area contributed by atoms with E-state index in [1.54, 1.807) is 31.5 Å². The van der Waals surface area contributed by atoms with Crippen LogP contribution in [0.3, 0.4) is 0 Å². The van der Waals surface area contributed by atoms with Crippen molar-refractivity contribution in [3.8, 4) is 0 Å². The molecule has 0 fully saturated rings. The monoisotopic (exact) mass is 330 g/mol. The Bertz CT molecular complexity index is 963. The Morgan fingerprint density at radius 3 is 2.70 bits per heavy atom. The van der Waals surface area contributed by atoms with E-state index in [1.807, 2.05) is 26.0 Å². The fraction of sp³-hybridized carbons (Fsp3) is 0.250. The highest BCUT2D eigenvalue weighted by atomic mass is 32.2. The molecule has 2 aromatic heterocycles. The van der Waals surface area contributed by atoms with Crippen LogP contribution in [0.4, 0.5) is 0 Å². The van der Waals surface area contributed by atoms with Gasteiger partial charge in [0.05, 0.1) is 11.6 Å². The smallest absolute Gasteiger partial charge is 0.243 e. The number of hydrogen-bond donors (Lipinski definition) is 2. The van der Waals surface area contributed by atoms with Crippen LogP contribution in [0.1, 0.15) is 30.0 Å². The first kappa shape index (κ1) is 15.6. The van der Waals surface area contributed by atoms with Crippen LogP contribution >= 0.6 is 0 Å². The molecule has 1 atom stereocenters. The summed E-state index contributed by atoms with van der Waals surface area (Å²) in [4.78, 5) is 11.6. The highest BCUT2D eigenvalue weighted by Crippen LogP contribution is 2.24. The number of aromatic nitrogens is 3. The fourth-order valence-corrected chi connectivity index (χ4v) is 3.98. The molecule has 3 aromatic rings. The second-order valence-electron chi connectivity index (χ2n) is 5.63. The molecule has 1 aromatic carbocycles. The molecule has 6 nitrogen and oxygen atoms in total. The molecular formula is C16H18N4O2S. The summed E-state index contributed by atoms with van der Waals surface area (Å²) in [6.45, 7) is 5.49. The normalized spacial score (nSPS) is 13.3. The molecule has 3 rings (SSSR count). The van der Waals surface area contributed by atoms with Crippen molar-refractivity contribution in [1.29, 1.82) is 0 Å². The number of rotatable bonds is 4. The lowest BCUT2D eigenvalue weighted by Crippen LogP contribution is -2.28. The zero-order valence-electron chi connectivity index (χ0n) is 13.2. The molecule has 120 valence electrons.